The number of amides is 1. The first-order valence-corrected chi connectivity index (χ1v) is 8.43. The lowest BCUT2D eigenvalue weighted by Crippen LogP contribution is -2.22. The Bertz CT molecular complexity index is 498. The number of carbonyl (C=O) groups excluding carboxylic acids is 1. The van der Waals surface area contributed by atoms with Gasteiger partial charge in [-0.2, -0.15) is 0 Å². The molecule has 1 atom stereocenters. The van der Waals surface area contributed by atoms with Crippen molar-refractivity contribution in [3.8, 4) is 0 Å². The average molecular weight is 337 g/mol. The van der Waals surface area contributed by atoms with Crippen LogP contribution in [0.1, 0.15) is 20.3 Å². The van der Waals surface area contributed by atoms with Crippen molar-refractivity contribution in [3.05, 3.63) is 22.2 Å². The van der Waals surface area contributed by atoms with Gasteiger partial charge in [-0.25, -0.2) is 0 Å². The standard InChI is InChI=1S/C13H18Cl2N2O2S/c1-8(2)3-4-20(19)7-12(18)17-13-10(15)5-9(14)6-11(13)16/h5-6,8H,3-4,7,16H2,1-2H3,(H,17,18). The maximum atomic E-state index is 11.8. The van der Waals surface area contributed by atoms with E-state index < -0.39 is 10.8 Å². The topological polar surface area (TPSA) is 72.2 Å². The number of nitrogens with two attached hydrogens (primary N) is 1. The minimum Gasteiger partial charge on any atom is -0.397 e. The number of rotatable bonds is 6. The molecule has 0 fully saturated rings. The summed E-state index contributed by atoms with van der Waals surface area (Å²) in [5, 5.41) is 3.23. The van der Waals surface area contributed by atoms with E-state index in [1.165, 1.54) is 12.1 Å². The minimum absolute atomic E-state index is 0.0644. The van der Waals surface area contributed by atoms with Crippen molar-refractivity contribution in [2.24, 2.45) is 5.92 Å². The number of hydrogen-bond acceptors (Lipinski definition) is 3. The van der Waals surface area contributed by atoms with Crippen molar-refractivity contribution in [3.63, 3.8) is 0 Å². The van der Waals surface area contributed by atoms with Crippen LogP contribution in [-0.4, -0.2) is 21.6 Å². The zero-order valence-corrected chi connectivity index (χ0v) is 13.7. The van der Waals surface area contributed by atoms with Gasteiger partial charge in [-0.3, -0.25) is 9.00 Å². The van der Waals surface area contributed by atoms with Gasteiger partial charge in [-0.05, 0) is 24.5 Å². The summed E-state index contributed by atoms with van der Waals surface area (Å²) in [6.45, 7) is 4.09. The highest BCUT2D eigenvalue weighted by Crippen LogP contribution is 2.31. The predicted molar refractivity (Wildman–Crippen MR) is 86.8 cm³/mol. The van der Waals surface area contributed by atoms with Crippen molar-refractivity contribution in [2.45, 2.75) is 20.3 Å². The van der Waals surface area contributed by atoms with Crippen LogP contribution in [0.2, 0.25) is 10.0 Å². The van der Waals surface area contributed by atoms with Crippen molar-refractivity contribution in [1.29, 1.82) is 0 Å². The van der Waals surface area contributed by atoms with E-state index in [1.807, 2.05) is 13.8 Å². The largest absolute Gasteiger partial charge is 0.397 e. The Hall–Kier alpha value is -0.780. The summed E-state index contributed by atoms with van der Waals surface area (Å²) < 4.78 is 11.7. The van der Waals surface area contributed by atoms with Crippen LogP contribution < -0.4 is 11.1 Å². The van der Waals surface area contributed by atoms with Crippen LogP contribution in [0.15, 0.2) is 12.1 Å². The molecule has 0 aliphatic rings. The normalized spacial score (nSPS) is 12.4. The van der Waals surface area contributed by atoms with Crippen molar-refractivity contribution < 1.29 is 9.00 Å². The fraction of sp³-hybridized carbons (Fsp3) is 0.462. The SMILES string of the molecule is CC(C)CCS(=O)CC(=O)Nc1c(N)cc(Cl)cc1Cl. The Morgan fingerprint density at radius 1 is 1.40 bits per heavy atom. The van der Waals surface area contributed by atoms with E-state index in [0.717, 1.165) is 6.42 Å². The molecule has 4 nitrogen and oxygen atoms in total. The summed E-state index contributed by atoms with van der Waals surface area (Å²) in [6, 6.07) is 2.99. The molecule has 1 unspecified atom stereocenters. The highest BCUT2D eigenvalue weighted by atomic mass is 35.5. The van der Waals surface area contributed by atoms with Crippen LogP contribution in [0.4, 0.5) is 11.4 Å². The molecule has 0 bridgehead atoms. The van der Waals surface area contributed by atoms with E-state index in [1.54, 1.807) is 0 Å². The number of halogens is 2. The number of nitrogen functional groups attached to an aromatic ring is 1. The van der Waals surface area contributed by atoms with E-state index in [2.05, 4.69) is 5.32 Å². The summed E-state index contributed by atoms with van der Waals surface area (Å²) in [7, 11) is -1.18. The third kappa shape index (κ3) is 5.69. The van der Waals surface area contributed by atoms with Gasteiger partial charge in [0.15, 0.2) is 0 Å². The smallest absolute Gasteiger partial charge is 0.237 e. The minimum atomic E-state index is -1.18. The molecule has 112 valence electrons. The second-order valence-corrected chi connectivity index (χ2v) is 7.29. The lowest BCUT2D eigenvalue weighted by molar-refractivity contribution is -0.113. The van der Waals surface area contributed by atoms with E-state index in [-0.39, 0.29) is 22.4 Å². The van der Waals surface area contributed by atoms with Gasteiger partial charge in [-0.1, -0.05) is 37.0 Å². The molecule has 0 saturated heterocycles. The van der Waals surface area contributed by atoms with Crippen molar-refractivity contribution in [1.82, 2.24) is 0 Å². The first-order valence-electron chi connectivity index (χ1n) is 6.19. The van der Waals surface area contributed by atoms with Gasteiger partial charge in [0.25, 0.3) is 0 Å². The Morgan fingerprint density at radius 3 is 2.60 bits per heavy atom. The zero-order valence-electron chi connectivity index (χ0n) is 11.4. The van der Waals surface area contributed by atoms with E-state index >= 15 is 0 Å². The Kier molecular flexibility index (Phi) is 6.79. The summed E-state index contributed by atoms with van der Waals surface area (Å²) >= 11 is 11.8. The molecule has 1 aromatic carbocycles. The molecule has 0 radical (unpaired) electrons. The summed E-state index contributed by atoms with van der Waals surface area (Å²) in [5.41, 5.74) is 6.33. The summed E-state index contributed by atoms with van der Waals surface area (Å²) in [6.07, 6.45) is 0.823. The maximum absolute atomic E-state index is 11.8. The molecule has 0 spiro atoms. The third-order valence-electron chi connectivity index (χ3n) is 2.56. The lowest BCUT2D eigenvalue weighted by atomic mass is 10.2. The highest BCUT2D eigenvalue weighted by Gasteiger charge is 2.13. The molecule has 0 aliphatic carbocycles. The van der Waals surface area contributed by atoms with Crippen LogP contribution in [0.5, 0.6) is 0 Å². The molecule has 1 aromatic rings. The van der Waals surface area contributed by atoms with E-state index in [9.17, 15) is 9.00 Å². The van der Waals surface area contributed by atoms with Gasteiger partial charge in [0.05, 0.1) is 16.4 Å². The molecule has 3 N–H and O–H groups in total. The fourth-order valence-electron chi connectivity index (χ4n) is 1.49. The lowest BCUT2D eigenvalue weighted by Gasteiger charge is -2.11. The van der Waals surface area contributed by atoms with Crippen LogP contribution in [-0.2, 0) is 15.6 Å². The third-order valence-corrected chi connectivity index (χ3v) is 4.36. The summed E-state index contributed by atoms with van der Waals surface area (Å²) in [4.78, 5) is 11.8. The molecule has 1 rings (SSSR count). The van der Waals surface area contributed by atoms with Crippen LogP contribution in [0, 0.1) is 5.92 Å². The fourth-order valence-corrected chi connectivity index (χ4v) is 3.29. The predicted octanol–water partition coefficient (Wildman–Crippen LogP) is 3.31. The Morgan fingerprint density at radius 2 is 2.05 bits per heavy atom. The molecule has 20 heavy (non-hydrogen) atoms. The first kappa shape index (κ1) is 17.3. The Balaban J connectivity index is 2.61. The molecule has 7 heteroatoms. The quantitative estimate of drug-likeness (QED) is 0.782. The zero-order chi connectivity index (χ0) is 15.3. The van der Waals surface area contributed by atoms with Gasteiger partial charge >= 0.3 is 0 Å². The number of benzene rings is 1. The number of nitrogens with one attached hydrogen (secondary N) is 1. The van der Waals surface area contributed by atoms with Crippen molar-refractivity contribution in [2.75, 3.05) is 22.6 Å². The molecule has 0 aromatic heterocycles. The number of hydrogen-bond donors (Lipinski definition) is 2. The number of anilines is 2. The van der Waals surface area contributed by atoms with E-state index in [4.69, 9.17) is 28.9 Å². The van der Waals surface area contributed by atoms with Gasteiger partial charge in [0.1, 0.15) is 5.75 Å². The molecule has 1 amide bonds. The van der Waals surface area contributed by atoms with Crippen LogP contribution in [0.3, 0.4) is 0 Å². The average Bonchev–Trinajstić information content (AvgIpc) is 2.31. The molecule has 0 saturated carbocycles. The van der Waals surface area contributed by atoms with Gasteiger partial charge in [0, 0.05) is 21.6 Å². The second-order valence-electron chi connectivity index (χ2n) is 4.87. The van der Waals surface area contributed by atoms with Gasteiger partial charge < -0.3 is 11.1 Å². The first-order chi connectivity index (χ1) is 9.29. The maximum Gasteiger partial charge on any atom is 0.237 e. The Labute approximate surface area is 131 Å². The van der Waals surface area contributed by atoms with Gasteiger partial charge in [-0.15, -0.1) is 0 Å². The second kappa shape index (κ2) is 7.86. The van der Waals surface area contributed by atoms with E-state index in [0.29, 0.717) is 22.4 Å². The number of carbonyl (C=O) groups is 1. The van der Waals surface area contributed by atoms with Crippen LogP contribution >= 0.6 is 23.2 Å². The highest BCUT2D eigenvalue weighted by molar-refractivity contribution is 7.85. The molecular weight excluding hydrogens is 319 g/mol. The van der Waals surface area contributed by atoms with Gasteiger partial charge in [0.2, 0.25) is 5.91 Å². The monoisotopic (exact) mass is 336 g/mol. The summed E-state index contributed by atoms with van der Waals surface area (Å²) in [5.74, 6) is 0.534. The van der Waals surface area contributed by atoms with Crippen LogP contribution in [0.25, 0.3) is 0 Å². The van der Waals surface area contributed by atoms with Crippen molar-refractivity contribution >= 4 is 51.3 Å². The molecular formula is C13H18Cl2N2O2S. The molecule has 0 aliphatic heterocycles. The molecule has 0 heterocycles.